The summed E-state index contributed by atoms with van der Waals surface area (Å²) in [6.07, 6.45) is 7.61. The number of nitrogens with one attached hydrogen (secondary N) is 1. The Hall–Kier alpha value is -4.02. The molecule has 202 valence electrons. The summed E-state index contributed by atoms with van der Waals surface area (Å²) < 4.78 is 11.6. The quantitative estimate of drug-likeness (QED) is 0.185. The number of ether oxygens (including phenoxy) is 2. The molecule has 3 atom stereocenters. The maximum absolute atomic E-state index is 6.60. The van der Waals surface area contributed by atoms with E-state index in [-0.39, 0.29) is 6.04 Å². The molecular weight excluding hydrogens is 516 g/mol. The molecule has 1 aliphatic heterocycles. The number of hydrogen-bond acceptors (Lipinski definition) is 4. The van der Waals surface area contributed by atoms with Crippen LogP contribution >= 0.6 is 11.6 Å². The van der Waals surface area contributed by atoms with E-state index >= 15 is 0 Å². The van der Waals surface area contributed by atoms with E-state index in [4.69, 9.17) is 26.1 Å². The number of nitrogens with zero attached hydrogens (tertiary/aromatic N) is 1. The van der Waals surface area contributed by atoms with Crippen molar-refractivity contribution in [3.8, 4) is 11.5 Å². The molecule has 1 N–H and O–H groups in total. The van der Waals surface area contributed by atoms with Crippen molar-refractivity contribution in [3.63, 3.8) is 0 Å². The van der Waals surface area contributed by atoms with Crippen LogP contribution in [0.1, 0.15) is 51.8 Å². The number of hydrogen-bond donors (Lipinski definition) is 1. The van der Waals surface area contributed by atoms with Gasteiger partial charge in [0.05, 0.1) is 23.9 Å². The standard InChI is InChI=1S/C35H33ClN2O2/c1-22-7-10-24(11-8-22)21-40-35-31(36)18-25(19-33(35)39-3)20-37-27-14-12-26(13-15-27)34-29-6-4-5-28(29)30-17-23(2)9-16-32(30)38-34/h4-5,7-20,28-29,34,38H,6,21H2,1-3H3/t28-,29-,34+/m1/s1. The highest BCUT2D eigenvalue weighted by molar-refractivity contribution is 6.32. The highest BCUT2D eigenvalue weighted by Crippen LogP contribution is 2.50. The highest BCUT2D eigenvalue weighted by Gasteiger charge is 2.37. The molecule has 0 saturated heterocycles. The number of benzene rings is 4. The van der Waals surface area contributed by atoms with Gasteiger partial charge >= 0.3 is 0 Å². The Morgan fingerprint density at radius 3 is 2.50 bits per heavy atom. The first-order valence-corrected chi connectivity index (χ1v) is 14.1. The van der Waals surface area contributed by atoms with Gasteiger partial charge in [-0.1, -0.05) is 83.4 Å². The Bertz CT molecular complexity index is 1570. The summed E-state index contributed by atoms with van der Waals surface area (Å²) in [7, 11) is 1.62. The summed E-state index contributed by atoms with van der Waals surface area (Å²) in [5.41, 5.74) is 9.25. The summed E-state index contributed by atoms with van der Waals surface area (Å²) in [5, 5.41) is 4.31. The molecule has 4 aromatic rings. The predicted octanol–water partition coefficient (Wildman–Crippen LogP) is 9.12. The molecule has 4 nitrogen and oxygen atoms in total. The molecule has 0 saturated carbocycles. The van der Waals surface area contributed by atoms with Crippen molar-refractivity contribution in [2.45, 2.75) is 38.8 Å². The monoisotopic (exact) mass is 548 g/mol. The SMILES string of the molecule is COc1cc(C=Nc2ccc([C@@H]3Nc4ccc(C)cc4[C@@H]4C=CC[C@H]43)cc2)cc(Cl)c1OCc1ccc(C)cc1. The van der Waals surface area contributed by atoms with Crippen LogP contribution in [-0.2, 0) is 6.61 Å². The van der Waals surface area contributed by atoms with E-state index in [1.54, 1.807) is 7.11 Å². The van der Waals surface area contributed by atoms with Crippen LogP contribution in [0.3, 0.4) is 0 Å². The van der Waals surface area contributed by atoms with Crippen LogP contribution in [0.25, 0.3) is 0 Å². The molecule has 5 heteroatoms. The molecule has 0 fully saturated rings. The number of aliphatic imine (C=N–C) groups is 1. The summed E-state index contributed by atoms with van der Waals surface area (Å²) in [4.78, 5) is 4.71. The molecule has 1 aliphatic carbocycles. The summed E-state index contributed by atoms with van der Waals surface area (Å²) in [5.74, 6) is 2.09. The van der Waals surface area contributed by atoms with Crippen molar-refractivity contribution < 1.29 is 9.47 Å². The normalized spacial score (nSPS) is 19.2. The van der Waals surface area contributed by atoms with Crippen LogP contribution in [0.5, 0.6) is 11.5 Å². The molecule has 0 radical (unpaired) electrons. The van der Waals surface area contributed by atoms with Gasteiger partial charge < -0.3 is 14.8 Å². The zero-order valence-electron chi connectivity index (χ0n) is 23.0. The molecule has 0 aromatic heterocycles. The van der Waals surface area contributed by atoms with E-state index in [1.165, 1.54) is 27.9 Å². The molecule has 6 rings (SSSR count). The zero-order chi connectivity index (χ0) is 27.6. The molecule has 0 bridgehead atoms. The Morgan fingerprint density at radius 2 is 1.73 bits per heavy atom. The number of allylic oxidation sites excluding steroid dienone is 2. The fourth-order valence-corrected chi connectivity index (χ4v) is 6.03. The molecule has 0 spiro atoms. The van der Waals surface area contributed by atoms with Gasteiger partial charge in [0, 0.05) is 17.8 Å². The molecule has 0 unspecified atom stereocenters. The van der Waals surface area contributed by atoms with Gasteiger partial charge in [-0.25, -0.2) is 0 Å². The number of rotatable bonds is 7. The lowest BCUT2D eigenvalue weighted by atomic mass is 9.76. The second-order valence-corrected chi connectivity index (χ2v) is 11.1. The lowest BCUT2D eigenvalue weighted by molar-refractivity contribution is 0.284. The fraction of sp³-hybridized carbons (Fsp3) is 0.229. The molecule has 2 aliphatic rings. The van der Waals surface area contributed by atoms with Crippen molar-refractivity contribution in [2.24, 2.45) is 10.9 Å². The van der Waals surface area contributed by atoms with Gasteiger partial charge in [0.2, 0.25) is 0 Å². The van der Waals surface area contributed by atoms with E-state index in [1.807, 2.05) is 18.3 Å². The van der Waals surface area contributed by atoms with Crippen LogP contribution in [0.15, 0.2) is 96.0 Å². The Morgan fingerprint density at radius 1 is 0.950 bits per heavy atom. The lowest BCUT2D eigenvalue weighted by Gasteiger charge is -2.37. The largest absolute Gasteiger partial charge is 0.493 e. The average molecular weight is 549 g/mol. The number of anilines is 1. The highest BCUT2D eigenvalue weighted by atomic mass is 35.5. The second kappa shape index (κ2) is 11.2. The molecule has 0 amide bonds. The van der Waals surface area contributed by atoms with Crippen molar-refractivity contribution >= 4 is 29.2 Å². The van der Waals surface area contributed by atoms with Gasteiger partial charge in [-0.15, -0.1) is 0 Å². The maximum Gasteiger partial charge on any atom is 0.180 e. The number of halogens is 1. The number of fused-ring (bicyclic) bond motifs is 3. The first kappa shape index (κ1) is 26.2. The van der Waals surface area contributed by atoms with Gasteiger partial charge in [-0.05, 0) is 78.8 Å². The molecular formula is C35H33ClN2O2. The minimum atomic E-state index is 0.267. The Balaban J connectivity index is 1.16. The molecule has 40 heavy (non-hydrogen) atoms. The van der Waals surface area contributed by atoms with Crippen molar-refractivity contribution in [1.29, 1.82) is 0 Å². The van der Waals surface area contributed by atoms with Crippen LogP contribution in [-0.4, -0.2) is 13.3 Å². The van der Waals surface area contributed by atoms with Gasteiger partial charge in [0.25, 0.3) is 0 Å². The summed E-state index contributed by atoms with van der Waals surface area (Å²) >= 11 is 6.60. The lowest BCUT2D eigenvalue weighted by Crippen LogP contribution is -2.29. The van der Waals surface area contributed by atoms with E-state index in [0.29, 0.717) is 35.0 Å². The van der Waals surface area contributed by atoms with E-state index < -0.39 is 0 Å². The van der Waals surface area contributed by atoms with Crippen LogP contribution in [0.4, 0.5) is 11.4 Å². The molecule has 1 heterocycles. The minimum Gasteiger partial charge on any atom is -0.493 e. The molecule has 4 aromatic carbocycles. The predicted molar refractivity (Wildman–Crippen MR) is 165 cm³/mol. The van der Waals surface area contributed by atoms with E-state index in [9.17, 15) is 0 Å². The Kier molecular flexibility index (Phi) is 7.36. The maximum atomic E-state index is 6.60. The third-order valence-electron chi connectivity index (χ3n) is 7.89. The van der Waals surface area contributed by atoms with Crippen LogP contribution < -0.4 is 14.8 Å². The zero-order valence-corrected chi connectivity index (χ0v) is 23.8. The second-order valence-electron chi connectivity index (χ2n) is 10.7. The number of aryl methyl sites for hydroxylation is 2. The third-order valence-corrected chi connectivity index (χ3v) is 8.17. The number of methoxy groups -OCH3 is 1. The fourth-order valence-electron chi connectivity index (χ4n) is 5.75. The van der Waals surface area contributed by atoms with E-state index in [2.05, 4.69) is 98.0 Å². The van der Waals surface area contributed by atoms with Crippen LogP contribution in [0, 0.1) is 19.8 Å². The first-order chi connectivity index (χ1) is 19.5. The van der Waals surface area contributed by atoms with Crippen LogP contribution in [0.2, 0.25) is 5.02 Å². The van der Waals surface area contributed by atoms with Crippen molar-refractivity contribution in [3.05, 3.63) is 129 Å². The average Bonchev–Trinajstić information content (AvgIpc) is 3.47. The van der Waals surface area contributed by atoms with E-state index in [0.717, 1.165) is 23.2 Å². The van der Waals surface area contributed by atoms with Crippen molar-refractivity contribution in [2.75, 3.05) is 12.4 Å². The van der Waals surface area contributed by atoms with Crippen molar-refractivity contribution in [1.82, 2.24) is 0 Å². The Labute approximate surface area is 241 Å². The summed E-state index contributed by atoms with van der Waals surface area (Å²) in [6, 6.07) is 27.5. The first-order valence-electron chi connectivity index (χ1n) is 13.7. The minimum absolute atomic E-state index is 0.267. The van der Waals surface area contributed by atoms with Gasteiger partial charge in [0.1, 0.15) is 6.61 Å². The topological polar surface area (TPSA) is 42.8 Å². The third kappa shape index (κ3) is 5.37. The smallest absolute Gasteiger partial charge is 0.180 e. The van der Waals surface area contributed by atoms with Gasteiger partial charge in [-0.3, -0.25) is 4.99 Å². The summed E-state index contributed by atoms with van der Waals surface area (Å²) in [6.45, 7) is 4.64. The van der Waals surface area contributed by atoms with Gasteiger partial charge in [-0.2, -0.15) is 0 Å². The van der Waals surface area contributed by atoms with Gasteiger partial charge in [0.15, 0.2) is 11.5 Å².